The minimum Gasteiger partial charge on any atom is -0.375 e. The fraction of sp³-hybridized carbons (Fsp3) is 0.333. The monoisotopic (exact) mass is 360 g/mol. The smallest absolute Gasteiger partial charge is 0.375 e. The molecule has 0 aliphatic carbocycles. The molecule has 0 bridgehead atoms. The van der Waals surface area contributed by atoms with Crippen LogP contribution in [-0.4, -0.2) is 46.6 Å². The van der Waals surface area contributed by atoms with Crippen molar-refractivity contribution in [2.24, 2.45) is 0 Å². The molecule has 0 saturated carbocycles. The molecule has 2 rings (SSSR count). The first-order valence-corrected chi connectivity index (χ1v) is 7.40. The second-order valence-electron chi connectivity index (χ2n) is 5.27. The topological polar surface area (TPSA) is 61.0 Å². The highest BCUT2D eigenvalue weighted by molar-refractivity contribution is 6.34. The first-order valence-electron chi connectivity index (χ1n) is 7.02. The Labute approximate surface area is 141 Å². The molecule has 2 aromatic heterocycles. The molecule has 0 aliphatic rings. The molecule has 1 amide bonds. The number of hydrogen-bond donors (Lipinski definition) is 2. The van der Waals surface area contributed by atoms with Gasteiger partial charge in [0, 0.05) is 25.2 Å². The summed E-state index contributed by atoms with van der Waals surface area (Å²) in [7, 11) is 1.31. The lowest BCUT2D eigenvalue weighted by atomic mass is 10.2. The third-order valence-electron chi connectivity index (χ3n) is 3.40. The molecule has 0 fully saturated rings. The summed E-state index contributed by atoms with van der Waals surface area (Å²) in [5, 5.41) is 4.18. The summed E-state index contributed by atoms with van der Waals surface area (Å²) in [6, 6.07) is 1.29. The Morgan fingerprint density at radius 3 is 2.92 bits per heavy atom. The summed E-state index contributed by atoms with van der Waals surface area (Å²) in [6.45, 7) is 3.67. The van der Waals surface area contributed by atoms with Gasteiger partial charge in [-0.25, -0.2) is 4.98 Å². The van der Waals surface area contributed by atoms with Crippen LogP contribution in [0, 0.1) is 0 Å². The van der Waals surface area contributed by atoms with Gasteiger partial charge in [0.05, 0.1) is 22.9 Å². The van der Waals surface area contributed by atoms with Crippen molar-refractivity contribution >= 4 is 34.2 Å². The number of likely N-dealkylation sites (N-methyl/N-ethyl adjacent to an activating group) is 1. The van der Waals surface area contributed by atoms with Crippen molar-refractivity contribution < 1.29 is 18.0 Å². The quantitative estimate of drug-likeness (QED) is 0.774. The Hall–Kier alpha value is -2.22. The summed E-state index contributed by atoms with van der Waals surface area (Å²) in [5.74, 6) is -1.01. The highest BCUT2D eigenvalue weighted by Crippen LogP contribution is 2.30. The molecule has 5 nitrogen and oxygen atoms in total. The van der Waals surface area contributed by atoms with E-state index in [0.29, 0.717) is 16.4 Å². The van der Waals surface area contributed by atoms with Gasteiger partial charge in [0.25, 0.3) is 0 Å². The van der Waals surface area contributed by atoms with Crippen LogP contribution >= 0.6 is 11.6 Å². The van der Waals surface area contributed by atoms with Crippen LogP contribution in [0.1, 0.15) is 6.42 Å². The fourth-order valence-electron chi connectivity index (χ4n) is 2.20. The normalized spacial score (nSPS) is 12.9. The van der Waals surface area contributed by atoms with E-state index in [4.69, 9.17) is 11.6 Å². The number of anilines is 1. The van der Waals surface area contributed by atoms with Gasteiger partial charge < -0.3 is 15.2 Å². The van der Waals surface area contributed by atoms with Crippen LogP contribution in [0.5, 0.6) is 0 Å². The molecule has 0 saturated heterocycles. The molecule has 0 aromatic carbocycles. The van der Waals surface area contributed by atoms with Gasteiger partial charge >= 0.3 is 6.18 Å². The van der Waals surface area contributed by atoms with E-state index in [1.807, 2.05) is 0 Å². The molecule has 0 aliphatic heterocycles. The van der Waals surface area contributed by atoms with Crippen LogP contribution in [-0.2, 0) is 4.79 Å². The van der Waals surface area contributed by atoms with Gasteiger partial charge in [0.1, 0.15) is 12.1 Å². The van der Waals surface area contributed by atoms with Crippen LogP contribution in [0.15, 0.2) is 31.1 Å². The summed E-state index contributed by atoms with van der Waals surface area (Å²) >= 11 is 6.14. The number of hydrogen-bond acceptors (Lipinski definition) is 3. The number of nitrogens with zero attached hydrogens (tertiary/aromatic N) is 2. The molecule has 0 spiro atoms. The summed E-state index contributed by atoms with van der Waals surface area (Å²) in [5.41, 5.74) is 1.19. The van der Waals surface area contributed by atoms with Crippen molar-refractivity contribution in [3.8, 4) is 0 Å². The summed E-state index contributed by atoms with van der Waals surface area (Å²) in [4.78, 5) is 19.7. The first-order chi connectivity index (χ1) is 11.2. The molecule has 24 heavy (non-hydrogen) atoms. The number of aromatic nitrogens is 2. The minimum atomic E-state index is -4.53. The molecule has 0 radical (unpaired) electrons. The average Bonchev–Trinajstić information content (AvgIpc) is 2.95. The van der Waals surface area contributed by atoms with E-state index in [1.54, 1.807) is 12.3 Å². The maximum absolute atomic E-state index is 12.3. The molecule has 1 atom stereocenters. The third kappa shape index (κ3) is 4.41. The van der Waals surface area contributed by atoms with Gasteiger partial charge in [-0.3, -0.25) is 4.79 Å². The highest BCUT2D eigenvalue weighted by atomic mass is 35.5. The fourth-order valence-corrected chi connectivity index (χ4v) is 2.40. The van der Waals surface area contributed by atoms with E-state index < -0.39 is 24.5 Å². The van der Waals surface area contributed by atoms with Crippen LogP contribution in [0.25, 0.3) is 11.0 Å². The van der Waals surface area contributed by atoms with E-state index in [0.717, 1.165) is 10.3 Å². The van der Waals surface area contributed by atoms with Crippen molar-refractivity contribution in [2.75, 3.05) is 18.9 Å². The van der Waals surface area contributed by atoms with Crippen molar-refractivity contribution in [2.45, 2.75) is 18.6 Å². The minimum absolute atomic E-state index is 0.0168. The van der Waals surface area contributed by atoms with Crippen LogP contribution in [0.4, 0.5) is 18.9 Å². The average molecular weight is 361 g/mol. The number of alkyl halides is 3. The van der Waals surface area contributed by atoms with E-state index in [-0.39, 0.29) is 6.54 Å². The Kier molecular flexibility index (Phi) is 5.38. The van der Waals surface area contributed by atoms with Crippen molar-refractivity contribution in [3.05, 3.63) is 36.1 Å². The zero-order valence-electron chi connectivity index (χ0n) is 12.8. The van der Waals surface area contributed by atoms with Gasteiger partial charge in [-0.05, 0) is 6.07 Å². The van der Waals surface area contributed by atoms with Crippen molar-refractivity contribution in [1.29, 1.82) is 0 Å². The molecule has 2 aromatic rings. The number of amides is 1. The predicted molar refractivity (Wildman–Crippen MR) is 87.0 cm³/mol. The largest absolute Gasteiger partial charge is 0.397 e. The van der Waals surface area contributed by atoms with Crippen LogP contribution < -0.4 is 5.32 Å². The molecular formula is C15H16ClF3N4O. The molecule has 130 valence electrons. The zero-order valence-corrected chi connectivity index (χ0v) is 13.6. The van der Waals surface area contributed by atoms with Crippen molar-refractivity contribution in [1.82, 2.24) is 14.9 Å². The number of nitrogens with one attached hydrogen (secondary N) is 2. The van der Waals surface area contributed by atoms with Crippen LogP contribution in [0.2, 0.25) is 5.02 Å². The summed E-state index contributed by atoms with van der Waals surface area (Å²) < 4.78 is 36.9. The maximum atomic E-state index is 12.3. The predicted octanol–water partition coefficient (Wildman–Crippen LogP) is 3.59. The number of rotatable bonds is 6. The number of aromatic amines is 1. The Morgan fingerprint density at radius 2 is 2.29 bits per heavy atom. The Balaban J connectivity index is 2.11. The molecular weight excluding hydrogens is 345 g/mol. The third-order valence-corrected chi connectivity index (χ3v) is 3.69. The van der Waals surface area contributed by atoms with Gasteiger partial charge in [0.15, 0.2) is 0 Å². The second kappa shape index (κ2) is 7.12. The lowest BCUT2D eigenvalue weighted by molar-refractivity contribution is -0.160. The van der Waals surface area contributed by atoms with Gasteiger partial charge in [-0.15, -0.1) is 6.58 Å². The van der Waals surface area contributed by atoms with Gasteiger partial charge in [-0.1, -0.05) is 17.7 Å². The Bertz CT molecular complexity index is 744. The lowest BCUT2D eigenvalue weighted by Gasteiger charge is -2.24. The van der Waals surface area contributed by atoms with Gasteiger partial charge in [0.2, 0.25) is 5.91 Å². The number of carbonyl (C=O) groups excluding carboxylic acids is 1. The van der Waals surface area contributed by atoms with Crippen molar-refractivity contribution in [3.63, 3.8) is 0 Å². The lowest BCUT2D eigenvalue weighted by Crippen LogP contribution is -2.38. The zero-order chi connectivity index (χ0) is 17.9. The van der Waals surface area contributed by atoms with E-state index >= 15 is 0 Å². The molecule has 0 unspecified atom stereocenters. The number of pyridine rings is 1. The molecule has 2 heterocycles. The molecule has 9 heteroatoms. The number of H-pyrrole nitrogens is 1. The molecule has 2 N–H and O–H groups in total. The maximum Gasteiger partial charge on any atom is 0.397 e. The second-order valence-corrected chi connectivity index (χ2v) is 5.68. The van der Waals surface area contributed by atoms with Gasteiger partial charge in [-0.2, -0.15) is 13.2 Å². The SMILES string of the molecule is C=C[C@H](CN(C)C(=O)CC(F)(F)F)Nc1c(Cl)cnc2[nH]ccc12. The standard InChI is InChI=1S/C15H16ClF3N4O/c1-3-9(8-23(2)12(24)6-15(17,18)19)22-13-10-4-5-20-14(10)21-7-11(13)16/h3-5,7,9H,1,6,8H2,2H3,(H2,20,21,22)/t9-/m1/s1. The van der Waals surface area contributed by atoms with E-state index in [1.165, 1.54) is 19.3 Å². The number of carbonyl (C=O) groups is 1. The van der Waals surface area contributed by atoms with E-state index in [9.17, 15) is 18.0 Å². The Morgan fingerprint density at radius 1 is 1.58 bits per heavy atom. The first kappa shape index (κ1) is 18.1. The number of halogens is 4. The highest BCUT2D eigenvalue weighted by Gasteiger charge is 2.33. The number of fused-ring (bicyclic) bond motifs is 1. The van der Waals surface area contributed by atoms with E-state index in [2.05, 4.69) is 21.9 Å². The van der Waals surface area contributed by atoms with Crippen LogP contribution in [0.3, 0.4) is 0 Å². The summed E-state index contributed by atoms with van der Waals surface area (Å²) in [6.07, 6.45) is -1.37.